The molecule has 1 aromatic heterocycles. The van der Waals surface area contributed by atoms with Crippen LogP contribution in [-0.4, -0.2) is 39.8 Å². The average Bonchev–Trinajstić information content (AvgIpc) is 2.50. The highest BCUT2D eigenvalue weighted by atomic mass is 32.2. The third-order valence-electron chi connectivity index (χ3n) is 3.81. The monoisotopic (exact) mass is 309 g/mol. The quantitative estimate of drug-likeness (QED) is 0.831. The summed E-state index contributed by atoms with van der Waals surface area (Å²) in [5, 5.41) is 4.76. The summed E-state index contributed by atoms with van der Waals surface area (Å²) in [4.78, 5) is 16.0. The first-order chi connectivity index (χ1) is 10.3. The number of anilines is 2. The predicted octanol–water partition coefficient (Wildman–Crippen LogP) is 3.57. The van der Waals surface area contributed by atoms with Crippen LogP contribution in [0.5, 0.6) is 0 Å². The molecule has 1 aliphatic rings. The number of hydrogen-bond donors (Lipinski definition) is 1. The van der Waals surface area contributed by atoms with Gasteiger partial charge in [0, 0.05) is 24.9 Å². The maximum Gasteiger partial charge on any atom is 0.231 e. The van der Waals surface area contributed by atoms with E-state index in [2.05, 4.69) is 45.9 Å². The van der Waals surface area contributed by atoms with Crippen LogP contribution in [0.4, 0.5) is 11.9 Å². The fourth-order valence-corrected chi connectivity index (χ4v) is 3.76. The van der Waals surface area contributed by atoms with Crippen LogP contribution in [0, 0.1) is 0 Å². The van der Waals surface area contributed by atoms with Gasteiger partial charge in [-0.1, -0.05) is 31.0 Å². The number of rotatable bonds is 7. The summed E-state index contributed by atoms with van der Waals surface area (Å²) in [6, 6.07) is 0. The van der Waals surface area contributed by atoms with Crippen molar-refractivity contribution < 1.29 is 0 Å². The van der Waals surface area contributed by atoms with E-state index in [-0.39, 0.29) is 0 Å². The Bertz CT molecular complexity index is 430. The summed E-state index contributed by atoms with van der Waals surface area (Å²) >= 11 is 1.83. The predicted molar refractivity (Wildman–Crippen MR) is 90.3 cm³/mol. The maximum atomic E-state index is 4.68. The third kappa shape index (κ3) is 4.73. The molecule has 0 aliphatic heterocycles. The first-order valence-corrected chi connectivity index (χ1v) is 9.06. The highest BCUT2D eigenvalue weighted by molar-refractivity contribution is 7.99. The summed E-state index contributed by atoms with van der Waals surface area (Å²) < 4.78 is 0. The molecular weight excluding hydrogens is 282 g/mol. The van der Waals surface area contributed by atoms with Crippen molar-refractivity contribution in [1.29, 1.82) is 0 Å². The average molecular weight is 309 g/mol. The van der Waals surface area contributed by atoms with Gasteiger partial charge in [0.15, 0.2) is 5.16 Å². The fourth-order valence-electron chi connectivity index (χ4n) is 2.62. The molecule has 0 radical (unpaired) electrons. The highest BCUT2D eigenvalue weighted by Gasteiger charge is 2.18. The Labute approximate surface area is 132 Å². The maximum absolute atomic E-state index is 4.68. The van der Waals surface area contributed by atoms with Crippen molar-refractivity contribution in [1.82, 2.24) is 15.0 Å². The lowest BCUT2D eigenvalue weighted by molar-refractivity contribution is 0.515. The molecule has 1 N–H and O–H groups in total. The van der Waals surface area contributed by atoms with Crippen LogP contribution in [0.2, 0.25) is 0 Å². The number of nitrogens with zero attached hydrogens (tertiary/aromatic N) is 4. The molecule has 1 aromatic rings. The van der Waals surface area contributed by atoms with Gasteiger partial charge in [-0.3, -0.25) is 0 Å². The molecule has 2 rings (SSSR count). The third-order valence-corrected chi connectivity index (χ3v) is 5.01. The Morgan fingerprint density at radius 2 is 1.76 bits per heavy atom. The van der Waals surface area contributed by atoms with E-state index in [1.807, 2.05) is 11.8 Å². The Morgan fingerprint density at radius 1 is 1.05 bits per heavy atom. The van der Waals surface area contributed by atoms with Gasteiger partial charge in [0.2, 0.25) is 11.9 Å². The molecule has 1 fully saturated rings. The molecule has 1 heterocycles. The molecule has 0 saturated heterocycles. The fraction of sp³-hybridized carbons (Fsp3) is 0.800. The first kappa shape index (κ1) is 16.3. The van der Waals surface area contributed by atoms with Gasteiger partial charge >= 0.3 is 0 Å². The minimum atomic E-state index is 0.667. The zero-order chi connectivity index (χ0) is 15.1. The smallest absolute Gasteiger partial charge is 0.231 e. The van der Waals surface area contributed by atoms with Crippen LogP contribution >= 0.6 is 11.8 Å². The molecule has 0 amide bonds. The zero-order valence-electron chi connectivity index (χ0n) is 13.4. The normalized spacial score (nSPS) is 16.0. The minimum absolute atomic E-state index is 0.667. The summed E-state index contributed by atoms with van der Waals surface area (Å²) in [6.07, 6.45) is 6.63. The lowest BCUT2D eigenvalue weighted by atomic mass is 10.0. The number of aromatic nitrogens is 3. The molecule has 0 aromatic carbocycles. The van der Waals surface area contributed by atoms with Crippen molar-refractivity contribution in [3.63, 3.8) is 0 Å². The highest BCUT2D eigenvalue weighted by Crippen LogP contribution is 2.32. The van der Waals surface area contributed by atoms with E-state index in [1.54, 1.807) is 0 Å². The molecule has 0 bridgehead atoms. The Hall–Kier alpha value is -1.04. The zero-order valence-corrected chi connectivity index (χ0v) is 14.2. The number of hydrogen-bond acceptors (Lipinski definition) is 6. The van der Waals surface area contributed by atoms with Crippen molar-refractivity contribution in [3.8, 4) is 0 Å². The standard InChI is InChI=1S/C15H27N5S/c1-4-16-13-17-14(20(5-2)6-3)19-15(18-13)21-12-10-8-7-9-11-12/h12H,4-11H2,1-3H3,(H,16,17,18,19). The van der Waals surface area contributed by atoms with E-state index >= 15 is 0 Å². The molecule has 5 nitrogen and oxygen atoms in total. The Morgan fingerprint density at radius 3 is 2.38 bits per heavy atom. The van der Waals surface area contributed by atoms with E-state index in [9.17, 15) is 0 Å². The van der Waals surface area contributed by atoms with Crippen LogP contribution in [0.25, 0.3) is 0 Å². The van der Waals surface area contributed by atoms with Crippen LogP contribution in [0.3, 0.4) is 0 Å². The van der Waals surface area contributed by atoms with E-state index in [1.165, 1.54) is 32.1 Å². The van der Waals surface area contributed by atoms with Crippen molar-refractivity contribution >= 4 is 23.7 Å². The van der Waals surface area contributed by atoms with E-state index < -0.39 is 0 Å². The first-order valence-electron chi connectivity index (χ1n) is 8.18. The molecule has 6 heteroatoms. The van der Waals surface area contributed by atoms with Crippen LogP contribution in [-0.2, 0) is 0 Å². The minimum Gasteiger partial charge on any atom is -0.354 e. The topological polar surface area (TPSA) is 53.9 Å². The van der Waals surface area contributed by atoms with Crippen molar-refractivity contribution in [2.75, 3.05) is 29.9 Å². The summed E-state index contributed by atoms with van der Waals surface area (Å²) in [7, 11) is 0. The lowest BCUT2D eigenvalue weighted by Crippen LogP contribution is -2.25. The van der Waals surface area contributed by atoms with Gasteiger partial charge in [-0.2, -0.15) is 15.0 Å². The van der Waals surface area contributed by atoms with Crippen molar-refractivity contribution in [2.24, 2.45) is 0 Å². The molecule has 21 heavy (non-hydrogen) atoms. The van der Waals surface area contributed by atoms with Crippen LogP contribution < -0.4 is 10.2 Å². The second-order valence-electron chi connectivity index (χ2n) is 5.32. The SMILES string of the molecule is CCNc1nc(SC2CCCCC2)nc(N(CC)CC)n1. The van der Waals surface area contributed by atoms with Gasteiger partial charge in [-0.15, -0.1) is 0 Å². The van der Waals surface area contributed by atoms with E-state index in [4.69, 9.17) is 0 Å². The Kier molecular flexibility index (Phi) is 6.54. The summed E-state index contributed by atoms with van der Waals surface area (Å²) in [6.45, 7) is 8.99. The second-order valence-corrected chi connectivity index (χ2v) is 6.59. The van der Waals surface area contributed by atoms with E-state index in [0.29, 0.717) is 11.2 Å². The van der Waals surface area contributed by atoms with Gasteiger partial charge in [-0.25, -0.2) is 0 Å². The summed E-state index contributed by atoms with van der Waals surface area (Å²) in [5.41, 5.74) is 0. The van der Waals surface area contributed by atoms with Crippen LogP contribution in [0.1, 0.15) is 52.9 Å². The second kappa shape index (κ2) is 8.41. The number of nitrogens with one attached hydrogen (secondary N) is 1. The van der Waals surface area contributed by atoms with Crippen LogP contribution in [0.15, 0.2) is 5.16 Å². The van der Waals surface area contributed by atoms with Crippen molar-refractivity contribution in [2.45, 2.75) is 63.3 Å². The van der Waals surface area contributed by atoms with Gasteiger partial charge in [0.1, 0.15) is 0 Å². The van der Waals surface area contributed by atoms with Gasteiger partial charge in [-0.05, 0) is 33.6 Å². The molecule has 0 unspecified atom stereocenters. The largest absolute Gasteiger partial charge is 0.354 e. The summed E-state index contributed by atoms with van der Waals surface area (Å²) in [5.74, 6) is 1.50. The van der Waals surface area contributed by atoms with Gasteiger partial charge in [0.25, 0.3) is 0 Å². The molecule has 0 spiro atoms. The molecule has 1 saturated carbocycles. The molecule has 0 atom stereocenters. The molecule has 1 aliphatic carbocycles. The van der Waals surface area contributed by atoms with Gasteiger partial charge < -0.3 is 10.2 Å². The number of thioether (sulfide) groups is 1. The Balaban J connectivity index is 2.17. The molecular formula is C15H27N5S. The van der Waals surface area contributed by atoms with E-state index in [0.717, 1.165) is 30.7 Å². The van der Waals surface area contributed by atoms with Gasteiger partial charge in [0.05, 0.1) is 0 Å². The van der Waals surface area contributed by atoms with Crippen molar-refractivity contribution in [3.05, 3.63) is 0 Å². The molecule has 118 valence electrons. The lowest BCUT2D eigenvalue weighted by Gasteiger charge is -2.22.